The van der Waals surface area contributed by atoms with Gasteiger partial charge in [-0.15, -0.1) is 0 Å². The first-order chi connectivity index (χ1) is 14.7. The van der Waals surface area contributed by atoms with Crippen molar-refractivity contribution in [2.24, 2.45) is 4.99 Å². The van der Waals surface area contributed by atoms with Gasteiger partial charge in [0.05, 0.1) is 40.1 Å². The molecule has 0 saturated heterocycles. The second-order valence-electron chi connectivity index (χ2n) is 6.56. The summed E-state index contributed by atoms with van der Waals surface area (Å²) in [5.41, 5.74) is 1.93. The number of hydrogen-bond donors (Lipinski definition) is 2. The quantitative estimate of drug-likeness (QED) is 0.439. The summed E-state index contributed by atoms with van der Waals surface area (Å²) >= 11 is 0. The van der Waals surface area contributed by atoms with E-state index in [0.29, 0.717) is 36.3 Å². The maximum atomic E-state index is 5.43. The standard InChI is InChI=1S/C23H28N4O3/c1-5-24-23(27-15-19-18-9-7-6-8-17(18)10-11-25-19)26-14-16-12-20(28-2)22(30-4)21(13-16)29-3/h6-13H,5,14-15H2,1-4H3,(H2,24,26,27). The summed E-state index contributed by atoms with van der Waals surface area (Å²) in [7, 11) is 4.80. The number of fused-ring (bicyclic) bond motifs is 1. The normalized spacial score (nSPS) is 11.3. The van der Waals surface area contributed by atoms with Gasteiger partial charge in [-0.1, -0.05) is 24.3 Å². The van der Waals surface area contributed by atoms with Crippen molar-refractivity contribution in [3.05, 3.63) is 59.9 Å². The van der Waals surface area contributed by atoms with Gasteiger partial charge >= 0.3 is 0 Å². The fourth-order valence-electron chi connectivity index (χ4n) is 3.23. The van der Waals surface area contributed by atoms with Crippen molar-refractivity contribution < 1.29 is 14.2 Å². The molecule has 0 amide bonds. The van der Waals surface area contributed by atoms with Crippen LogP contribution in [0, 0.1) is 0 Å². The Morgan fingerprint density at radius 1 is 0.967 bits per heavy atom. The van der Waals surface area contributed by atoms with E-state index in [1.807, 2.05) is 43.5 Å². The van der Waals surface area contributed by atoms with E-state index in [2.05, 4.69) is 27.8 Å². The van der Waals surface area contributed by atoms with Crippen molar-refractivity contribution in [3.8, 4) is 17.2 Å². The largest absolute Gasteiger partial charge is 0.493 e. The lowest BCUT2D eigenvalue weighted by molar-refractivity contribution is 0.324. The molecule has 30 heavy (non-hydrogen) atoms. The summed E-state index contributed by atoms with van der Waals surface area (Å²) in [6.45, 7) is 3.81. The molecule has 0 aliphatic heterocycles. The van der Waals surface area contributed by atoms with Crippen LogP contribution in [0.15, 0.2) is 53.7 Å². The topological polar surface area (TPSA) is 77.0 Å². The number of ether oxygens (including phenoxy) is 3. The van der Waals surface area contributed by atoms with E-state index in [-0.39, 0.29) is 0 Å². The van der Waals surface area contributed by atoms with Gasteiger partial charge in [0.2, 0.25) is 5.75 Å². The van der Waals surface area contributed by atoms with Crippen LogP contribution in [0.4, 0.5) is 0 Å². The van der Waals surface area contributed by atoms with Crippen molar-refractivity contribution in [1.29, 1.82) is 0 Å². The van der Waals surface area contributed by atoms with E-state index < -0.39 is 0 Å². The van der Waals surface area contributed by atoms with Crippen LogP contribution < -0.4 is 24.8 Å². The number of nitrogens with zero attached hydrogens (tertiary/aromatic N) is 2. The number of pyridine rings is 1. The highest BCUT2D eigenvalue weighted by Gasteiger charge is 2.13. The highest BCUT2D eigenvalue weighted by atomic mass is 16.5. The van der Waals surface area contributed by atoms with Crippen LogP contribution in [-0.2, 0) is 13.1 Å². The first kappa shape index (κ1) is 21.2. The summed E-state index contributed by atoms with van der Waals surface area (Å²) in [6.07, 6.45) is 1.83. The lowest BCUT2D eigenvalue weighted by atomic mass is 10.1. The number of aromatic nitrogens is 1. The Morgan fingerprint density at radius 2 is 1.70 bits per heavy atom. The Balaban J connectivity index is 1.78. The predicted octanol–water partition coefficient (Wildman–Crippen LogP) is 3.52. The third-order valence-electron chi connectivity index (χ3n) is 4.67. The zero-order valence-electron chi connectivity index (χ0n) is 17.9. The van der Waals surface area contributed by atoms with Crippen molar-refractivity contribution in [2.45, 2.75) is 20.0 Å². The van der Waals surface area contributed by atoms with Gasteiger partial charge in [0.1, 0.15) is 0 Å². The monoisotopic (exact) mass is 408 g/mol. The maximum absolute atomic E-state index is 5.43. The lowest BCUT2D eigenvalue weighted by Crippen LogP contribution is -2.37. The fraction of sp³-hybridized carbons (Fsp3) is 0.304. The molecule has 1 heterocycles. The molecule has 0 saturated carbocycles. The number of aliphatic imine (C=N–C) groups is 1. The van der Waals surface area contributed by atoms with Gasteiger partial charge in [-0.2, -0.15) is 0 Å². The summed E-state index contributed by atoms with van der Waals surface area (Å²) in [5.74, 6) is 2.50. The van der Waals surface area contributed by atoms with Gasteiger partial charge < -0.3 is 24.8 Å². The molecule has 0 bridgehead atoms. The highest BCUT2D eigenvalue weighted by Crippen LogP contribution is 2.38. The van der Waals surface area contributed by atoms with Crippen LogP contribution in [0.1, 0.15) is 18.2 Å². The molecule has 3 aromatic rings. The summed E-state index contributed by atoms with van der Waals surface area (Å²) in [4.78, 5) is 9.23. The van der Waals surface area contributed by atoms with E-state index in [4.69, 9.17) is 19.2 Å². The van der Waals surface area contributed by atoms with E-state index in [1.54, 1.807) is 21.3 Å². The third-order valence-corrected chi connectivity index (χ3v) is 4.67. The minimum Gasteiger partial charge on any atom is -0.493 e. The van der Waals surface area contributed by atoms with Crippen LogP contribution >= 0.6 is 0 Å². The maximum Gasteiger partial charge on any atom is 0.203 e. The minimum absolute atomic E-state index is 0.453. The molecule has 158 valence electrons. The van der Waals surface area contributed by atoms with E-state index in [1.165, 1.54) is 5.39 Å². The van der Waals surface area contributed by atoms with Crippen molar-refractivity contribution in [2.75, 3.05) is 27.9 Å². The summed E-state index contributed by atoms with van der Waals surface area (Å²) in [5, 5.41) is 8.95. The zero-order chi connectivity index (χ0) is 21.3. The SMILES string of the molecule is CCNC(=NCc1cc(OC)c(OC)c(OC)c1)NCc1nccc2ccccc12. The van der Waals surface area contributed by atoms with Crippen LogP contribution in [0.25, 0.3) is 10.8 Å². The average Bonchev–Trinajstić information content (AvgIpc) is 2.79. The van der Waals surface area contributed by atoms with Gasteiger partial charge in [0.15, 0.2) is 17.5 Å². The van der Waals surface area contributed by atoms with Crippen LogP contribution in [0.5, 0.6) is 17.2 Å². The van der Waals surface area contributed by atoms with Crippen LogP contribution in [0.3, 0.4) is 0 Å². The molecule has 0 spiro atoms. The summed E-state index contributed by atoms with van der Waals surface area (Å²) in [6, 6.07) is 14.0. The van der Waals surface area contributed by atoms with Gasteiger partial charge in [-0.25, -0.2) is 4.99 Å². The Kier molecular flexibility index (Phi) is 7.32. The Hall–Kier alpha value is -3.48. The fourth-order valence-corrected chi connectivity index (χ4v) is 3.23. The Labute approximate surface area is 177 Å². The van der Waals surface area contributed by atoms with E-state index >= 15 is 0 Å². The van der Waals surface area contributed by atoms with E-state index in [9.17, 15) is 0 Å². The number of nitrogens with one attached hydrogen (secondary N) is 2. The predicted molar refractivity (Wildman–Crippen MR) is 119 cm³/mol. The first-order valence-electron chi connectivity index (χ1n) is 9.83. The minimum atomic E-state index is 0.453. The second-order valence-corrected chi connectivity index (χ2v) is 6.56. The van der Waals surface area contributed by atoms with Crippen LogP contribution in [0.2, 0.25) is 0 Å². The van der Waals surface area contributed by atoms with Gasteiger partial charge in [0, 0.05) is 18.1 Å². The molecule has 0 aliphatic carbocycles. The molecule has 2 N–H and O–H groups in total. The molecule has 0 atom stereocenters. The second kappa shape index (κ2) is 10.3. The number of guanidine groups is 1. The molecule has 2 aromatic carbocycles. The number of benzene rings is 2. The molecular weight excluding hydrogens is 380 g/mol. The highest BCUT2D eigenvalue weighted by molar-refractivity contribution is 5.85. The van der Waals surface area contributed by atoms with Crippen molar-refractivity contribution >= 4 is 16.7 Å². The lowest BCUT2D eigenvalue weighted by Gasteiger charge is -2.14. The zero-order valence-corrected chi connectivity index (χ0v) is 17.9. The van der Waals surface area contributed by atoms with Gasteiger partial charge in [-0.05, 0) is 36.1 Å². The third kappa shape index (κ3) is 4.92. The smallest absolute Gasteiger partial charge is 0.203 e. The molecule has 0 fully saturated rings. The molecule has 7 heteroatoms. The van der Waals surface area contributed by atoms with Crippen LogP contribution in [-0.4, -0.2) is 38.8 Å². The van der Waals surface area contributed by atoms with E-state index in [0.717, 1.165) is 23.2 Å². The number of hydrogen-bond acceptors (Lipinski definition) is 5. The van der Waals surface area contributed by atoms with Gasteiger partial charge in [0.25, 0.3) is 0 Å². The number of rotatable bonds is 8. The Bertz CT molecular complexity index is 990. The molecule has 3 rings (SSSR count). The van der Waals surface area contributed by atoms with Crippen molar-refractivity contribution in [1.82, 2.24) is 15.6 Å². The van der Waals surface area contributed by atoms with Gasteiger partial charge in [-0.3, -0.25) is 4.98 Å². The Morgan fingerprint density at radius 3 is 2.37 bits per heavy atom. The molecule has 0 radical (unpaired) electrons. The first-order valence-corrected chi connectivity index (χ1v) is 9.83. The molecule has 0 unspecified atom stereocenters. The molecular formula is C23H28N4O3. The molecule has 7 nitrogen and oxygen atoms in total. The summed E-state index contributed by atoms with van der Waals surface area (Å²) < 4.78 is 16.2. The van der Waals surface area contributed by atoms with Crippen molar-refractivity contribution in [3.63, 3.8) is 0 Å². The number of methoxy groups -OCH3 is 3. The molecule has 1 aromatic heterocycles. The average molecular weight is 409 g/mol. The molecule has 0 aliphatic rings.